The molecule has 1 heterocycles. The number of rotatable bonds is 4. The fourth-order valence-corrected chi connectivity index (χ4v) is 2.46. The number of hydrogen-bond acceptors (Lipinski definition) is 3. The van der Waals surface area contributed by atoms with Crippen LogP contribution >= 0.6 is 0 Å². The van der Waals surface area contributed by atoms with E-state index in [1.54, 1.807) is 0 Å². The molecule has 100 valence electrons. The monoisotopic (exact) mass is 264 g/mol. The van der Waals surface area contributed by atoms with E-state index in [2.05, 4.69) is 39.9 Å². The Morgan fingerprint density at radius 2 is 1.85 bits per heavy atom. The van der Waals surface area contributed by atoms with Crippen LogP contribution in [0, 0.1) is 0 Å². The number of hydrogen-bond donors (Lipinski definition) is 1. The second-order valence-corrected chi connectivity index (χ2v) is 5.27. The van der Waals surface area contributed by atoms with Crippen LogP contribution in [0.5, 0.6) is 0 Å². The molecule has 1 N–H and O–H groups in total. The molecule has 0 amide bonds. The summed E-state index contributed by atoms with van der Waals surface area (Å²) in [5.74, 6) is 0. The summed E-state index contributed by atoms with van der Waals surface area (Å²) in [4.78, 5) is 0. The molecule has 0 spiro atoms. The smallest absolute Gasteiger partial charge is 0.113 e. The minimum Gasteiger partial charge on any atom is -0.310 e. The summed E-state index contributed by atoms with van der Waals surface area (Å²) >= 11 is 0. The first-order chi connectivity index (χ1) is 9.92. The maximum atomic E-state index is 4.31. The Morgan fingerprint density at radius 1 is 1.05 bits per heavy atom. The van der Waals surface area contributed by atoms with Crippen LogP contribution in [0.2, 0.25) is 0 Å². The second-order valence-electron chi connectivity index (χ2n) is 5.27. The molecule has 3 aromatic rings. The summed E-state index contributed by atoms with van der Waals surface area (Å²) in [6, 6.07) is 17.1. The van der Waals surface area contributed by atoms with Gasteiger partial charge in [-0.2, -0.15) is 0 Å². The van der Waals surface area contributed by atoms with E-state index in [1.165, 1.54) is 18.4 Å². The maximum absolute atomic E-state index is 4.31. The standard InChI is InChI=1S/C16H16N4/c1-3-7-15(12(5-1)11-17-13-9-10-13)20-16-8-4-2-6-14(16)18-19-20/h1-8,13,17H,9-11H2. The van der Waals surface area contributed by atoms with E-state index >= 15 is 0 Å². The van der Waals surface area contributed by atoms with Crippen molar-refractivity contribution in [3.8, 4) is 5.69 Å². The molecule has 4 nitrogen and oxygen atoms in total. The number of benzene rings is 2. The normalized spacial score (nSPS) is 14.8. The summed E-state index contributed by atoms with van der Waals surface area (Å²) in [5.41, 5.74) is 4.34. The van der Waals surface area contributed by atoms with Crippen LogP contribution in [0.4, 0.5) is 0 Å². The van der Waals surface area contributed by atoms with Gasteiger partial charge in [0.1, 0.15) is 5.52 Å². The van der Waals surface area contributed by atoms with Crippen molar-refractivity contribution in [2.24, 2.45) is 0 Å². The predicted octanol–water partition coefficient (Wildman–Crippen LogP) is 2.67. The molecule has 0 radical (unpaired) electrons. The average molecular weight is 264 g/mol. The van der Waals surface area contributed by atoms with E-state index in [0.29, 0.717) is 6.04 Å². The van der Waals surface area contributed by atoms with Crippen molar-refractivity contribution in [3.63, 3.8) is 0 Å². The molecule has 0 atom stereocenters. The van der Waals surface area contributed by atoms with Crippen molar-refractivity contribution < 1.29 is 0 Å². The van der Waals surface area contributed by atoms with Crippen molar-refractivity contribution >= 4 is 11.0 Å². The molecule has 0 unspecified atom stereocenters. The van der Waals surface area contributed by atoms with Crippen molar-refractivity contribution in [3.05, 3.63) is 54.1 Å². The molecular weight excluding hydrogens is 248 g/mol. The number of nitrogens with one attached hydrogen (secondary N) is 1. The third-order valence-corrected chi connectivity index (χ3v) is 3.73. The Labute approximate surface area is 117 Å². The lowest BCUT2D eigenvalue weighted by Gasteiger charge is -2.10. The summed E-state index contributed by atoms with van der Waals surface area (Å²) < 4.78 is 1.93. The Morgan fingerprint density at radius 3 is 2.75 bits per heavy atom. The molecule has 1 saturated carbocycles. The molecule has 0 aliphatic heterocycles. The molecule has 4 heteroatoms. The van der Waals surface area contributed by atoms with Crippen molar-refractivity contribution in [1.29, 1.82) is 0 Å². The highest BCUT2D eigenvalue weighted by Crippen LogP contribution is 2.22. The van der Waals surface area contributed by atoms with E-state index < -0.39 is 0 Å². The predicted molar refractivity (Wildman–Crippen MR) is 78.7 cm³/mol. The average Bonchev–Trinajstić information content (AvgIpc) is 3.23. The van der Waals surface area contributed by atoms with Gasteiger partial charge in [0.25, 0.3) is 0 Å². The van der Waals surface area contributed by atoms with Gasteiger partial charge in [-0.15, -0.1) is 5.10 Å². The molecule has 1 aromatic heterocycles. The van der Waals surface area contributed by atoms with Crippen LogP contribution in [0.3, 0.4) is 0 Å². The lowest BCUT2D eigenvalue weighted by Crippen LogP contribution is -2.17. The molecule has 4 rings (SSSR count). The highest BCUT2D eigenvalue weighted by atomic mass is 15.4. The van der Waals surface area contributed by atoms with Crippen molar-refractivity contribution in [1.82, 2.24) is 20.3 Å². The summed E-state index contributed by atoms with van der Waals surface area (Å²) in [7, 11) is 0. The summed E-state index contributed by atoms with van der Waals surface area (Å²) in [5, 5.41) is 12.1. The van der Waals surface area contributed by atoms with Crippen LogP contribution in [0.25, 0.3) is 16.7 Å². The highest BCUT2D eigenvalue weighted by Gasteiger charge is 2.20. The molecule has 20 heavy (non-hydrogen) atoms. The summed E-state index contributed by atoms with van der Waals surface area (Å²) in [6.45, 7) is 0.884. The molecule has 1 fully saturated rings. The first kappa shape index (κ1) is 11.6. The van der Waals surface area contributed by atoms with Crippen LogP contribution in [0.1, 0.15) is 18.4 Å². The van der Waals surface area contributed by atoms with Crippen LogP contribution in [0.15, 0.2) is 48.5 Å². The van der Waals surface area contributed by atoms with Gasteiger partial charge in [0.15, 0.2) is 0 Å². The molecule has 1 aliphatic carbocycles. The third-order valence-electron chi connectivity index (χ3n) is 3.73. The Balaban J connectivity index is 1.76. The number of fused-ring (bicyclic) bond motifs is 1. The Hall–Kier alpha value is -2.20. The molecule has 0 bridgehead atoms. The minimum absolute atomic E-state index is 0.704. The van der Waals surface area contributed by atoms with Crippen LogP contribution < -0.4 is 5.32 Å². The van der Waals surface area contributed by atoms with Gasteiger partial charge in [0, 0.05) is 12.6 Å². The van der Waals surface area contributed by atoms with Gasteiger partial charge >= 0.3 is 0 Å². The van der Waals surface area contributed by atoms with Crippen LogP contribution in [-0.2, 0) is 6.54 Å². The third kappa shape index (κ3) is 2.08. The molecule has 0 saturated heterocycles. The van der Waals surface area contributed by atoms with Crippen molar-refractivity contribution in [2.45, 2.75) is 25.4 Å². The van der Waals surface area contributed by atoms with Gasteiger partial charge in [-0.05, 0) is 36.6 Å². The van der Waals surface area contributed by atoms with Gasteiger partial charge in [-0.1, -0.05) is 35.5 Å². The van der Waals surface area contributed by atoms with E-state index in [0.717, 1.165) is 23.3 Å². The SMILES string of the molecule is c1ccc(-n2nnc3ccccc32)c(CNC2CC2)c1. The molecule has 1 aliphatic rings. The highest BCUT2D eigenvalue weighted by molar-refractivity contribution is 5.76. The summed E-state index contributed by atoms with van der Waals surface area (Å²) in [6.07, 6.45) is 2.60. The minimum atomic E-state index is 0.704. The zero-order valence-electron chi connectivity index (χ0n) is 11.2. The molecule has 2 aromatic carbocycles. The van der Waals surface area contributed by atoms with E-state index in [-0.39, 0.29) is 0 Å². The maximum Gasteiger partial charge on any atom is 0.113 e. The lowest BCUT2D eigenvalue weighted by molar-refractivity contribution is 0.680. The van der Waals surface area contributed by atoms with Gasteiger partial charge in [-0.3, -0.25) is 0 Å². The first-order valence-electron chi connectivity index (χ1n) is 7.04. The Kier molecular flexibility index (Phi) is 2.74. The fraction of sp³-hybridized carbons (Fsp3) is 0.250. The van der Waals surface area contributed by atoms with E-state index in [9.17, 15) is 0 Å². The van der Waals surface area contributed by atoms with E-state index in [1.807, 2.05) is 28.9 Å². The second kappa shape index (κ2) is 4.72. The lowest BCUT2D eigenvalue weighted by atomic mass is 10.1. The van der Waals surface area contributed by atoms with Gasteiger partial charge in [0.2, 0.25) is 0 Å². The number of nitrogens with zero attached hydrogens (tertiary/aromatic N) is 3. The van der Waals surface area contributed by atoms with Crippen LogP contribution in [-0.4, -0.2) is 21.0 Å². The molecular formula is C16H16N4. The topological polar surface area (TPSA) is 42.7 Å². The quantitative estimate of drug-likeness (QED) is 0.788. The van der Waals surface area contributed by atoms with Gasteiger partial charge in [0.05, 0.1) is 11.2 Å². The number of para-hydroxylation sites is 2. The Bertz CT molecular complexity index is 743. The largest absolute Gasteiger partial charge is 0.310 e. The first-order valence-corrected chi connectivity index (χ1v) is 7.04. The van der Waals surface area contributed by atoms with Crippen molar-refractivity contribution in [2.75, 3.05) is 0 Å². The fourth-order valence-electron chi connectivity index (χ4n) is 2.46. The van der Waals surface area contributed by atoms with Gasteiger partial charge in [-0.25, -0.2) is 4.68 Å². The van der Waals surface area contributed by atoms with E-state index in [4.69, 9.17) is 0 Å². The van der Waals surface area contributed by atoms with Gasteiger partial charge < -0.3 is 5.32 Å². The zero-order chi connectivity index (χ0) is 13.4. The number of aromatic nitrogens is 3. The zero-order valence-corrected chi connectivity index (χ0v) is 11.2.